The van der Waals surface area contributed by atoms with Gasteiger partial charge in [0.15, 0.2) is 0 Å². The van der Waals surface area contributed by atoms with Crippen molar-refractivity contribution in [3.63, 3.8) is 0 Å². The van der Waals surface area contributed by atoms with E-state index in [2.05, 4.69) is 42.0 Å². The van der Waals surface area contributed by atoms with Crippen molar-refractivity contribution >= 4 is 0 Å². The van der Waals surface area contributed by atoms with Gasteiger partial charge in [-0.1, -0.05) is 33.6 Å². The highest BCUT2D eigenvalue weighted by Crippen LogP contribution is 2.26. The SMILES string of the molecule is CCCn1nccc1C(NN)C(CC)CC. The van der Waals surface area contributed by atoms with Gasteiger partial charge in [0, 0.05) is 12.7 Å². The van der Waals surface area contributed by atoms with Gasteiger partial charge in [0.05, 0.1) is 11.7 Å². The fourth-order valence-electron chi connectivity index (χ4n) is 2.23. The molecular formula is C12H24N4. The monoisotopic (exact) mass is 224 g/mol. The number of aryl methyl sites for hydroxylation is 1. The Morgan fingerprint density at radius 3 is 2.56 bits per heavy atom. The molecule has 4 heteroatoms. The van der Waals surface area contributed by atoms with Crippen molar-refractivity contribution in [2.24, 2.45) is 11.8 Å². The molecule has 1 aromatic rings. The van der Waals surface area contributed by atoms with Crippen molar-refractivity contribution in [2.45, 2.75) is 52.6 Å². The number of nitrogens with zero attached hydrogens (tertiary/aromatic N) is 2. The van der Waals surface area contributed by atoms with E-state index in [4.69, 9.17) is 5.84 Å². The molecule has 3 N–H and O–H groups in total. The molecule has 0 saturated carbocycles. The van der Waals surface area contributed by atoms with Crippen LogP contribution in [0.25, 0.3) is 0 Å². The van der Waals surface area contributed by atoms with Crippen molar-refractivity contribution in [1.29, 1.82) is 0 Å². The zero-order valence-electron chi connectivity index (χ0n) is 10.6. The summed E-state index contributed by atoms with van der Waals surface area (Å²) in [6.45, 7) is 7.53. The summed E-state index contributed by atoms with van der Waals surface area (Å²) < 4.78 is 2.06. The molecule has 0 saturated heterocycles. The van der Waals surface area contributed by atoms with Crippen LogP contribution in [-0.2, 0) is 6.54 Å². The van der Waals surface area contributed by atoms with Crippen LogP contribution in [-0.4, -0.2) is 9.78 Å². The van der Waals surface area contributed by atoms with Crippen LogP contribution in [0.15, 0.2) is 12.3 Å². The molecule has 1 heterocycles. The second kappa shape index (κ2) is 6.66. The Labute approximate surface area is 98.2 Å². The predicted molar refractivity (Wildman–Crippen MR) is 66.7 cm³/mol. The first kappa shape index (κ1) is 13.2. The maximum Gasteiger partial charge on any atom is 0.0656 e. The highest BCUT2D eigenvalue weighted by atomic mass is 15.3. The van der Waals surface area contributed by atoms with Crippen molar-refractivity contribution in [1.82, 2.24) is 15.2 Å². The Bertz CT molecular complexity index is 291. The Kier molecular flexibility index (Phi) is 5.49. The van der Waals surface area contributed by atoms with Crippen LogP contribution in [0, 0.1) is 5.92 Å². The van der Waals surface area contributed by atoms with Gasteiger partial charge in [0.25, 0.3) is 0 Å². The fraction of sp³-hybridized carbons (Fsp3) is 0.750. The molecule has 92 valence electrons. The molecule has 1 rings (SSSR count). The van der Waals surface area contributed by atoms with Crippen LogP contribution >= 0.6 is 0 Å². The number of hydrogen-bond acceptors (Lipinski definition) is 3. The smallest absolute Gasteiger partial charge is 0.0656 e. The van der Waals surface area contributed by atoms with Gasteiger partial charge < -0.3 is 0 Å². The number of hydrogen-bond donors (Lipinski definition) is 2. The maximum absolute atomic E-state index is 5.69. The first-order chi connectivity index (χ1) is 7.78. The topological polar surface area (TPSA) is 55.9 Å². The van der Waals surface area contributed by atoms with E-state index < -0.39 is 0 Å². The van der Waals surface area contributed by atoms with E-state index in [1.54, 1.807) is 0 Å². The van der Waals surface area contributed by atoms with E-state index in [0.29, 0.717) is 5.92 Å². The summed E-state index contributed by atoms with van der Waals surface area (Å²) >= 11 is 0. The van der Waals surface area contributed by atoms with E-state index in [0.717, 1.165) is 25.8 Å². The fourth-order valence-corrected chi connectivity index (χ4v) is 2.23. The van der Waals surface area contributed by atoms with E-state index in [9.17, 15) is 0 Å². The van der Waals surface area contributed by atoms with Crippen LogP contribution < -0.4 is 11.3 Å². The lowest BCUT2D eigenvalue weighted by Crippen LogP contribution is -2.35. The summed E-state index contributed by atoms with van der Waals surface area (Å²) in [6, 6.07) is 2.28. The molecule has 0 aliphatic carbocycles. The highest BCUT2D eigenvalue weighted by Gasteiger charge is 2.22. The second-order valence-corrected chi connectivity index (χ2v) is 4.20. The molecule has 4 nitrogen and oxygen atoms in total. The predicted octanol–water partition coefficient (Wildman–Crippen LogP) is 2.23. The van der Waals surface area contributed by atoms with Crippen molar-refractivity contribution in [2.75, 3.05) is 0 Å². The molecule has 0 radical (unpaired) electrons. The lowest BCUT2D eigenvalue weighted by molar-refractivity contribution is 0.325. The summed E-state index contributed by atoms with van der Waals surface area (Å²) in [7, 11) is 0. The largest absolute Gasteiger partial charge is 0.271 e. The number of rotatable bonds is 7. The molecule has 1 aromatic heterocycles. The first-order valence-corrected chi connectivity index (χ1v) is 6.26. The number of nitrogens with two attached hydrogens (primary N) is 1. The van der Waals surface area contributed by atoms with Gasteiger partial charge in [0.1, 0.15) is 0 Å². The van der Waals surface area contributed by atoms with Crippen molar-refractivity contribution in [3.05, 3.63) is 18.0 Å². The summed E-state index contributed by atoms with van der Waals surface area (Å²) in [5.74, 6) is 6.26. The van der Waals surface area contributed by atoms with Gasteiger partial charge in [0.2, 0.25) is 0 Å². The molecule has 1 unspecified atom stereocenters. The summed E-state index contributed by atoms with van der Waals surface area (Å²) in [6.07, 6.45) is 5.21. The van der Waals surface area contributed by atoms with Crippen LogP contribution in [0.3, 0.4) is 0 Å². The minimum atomic E-state index is 0.212. The third-order valence-electron chi connectivity index (χ3n) is 3.20. The van der Waals surface area contributed by atoms with Crippen LogP contribution in [0.2, 0.25) is 0 Å². The quantitative estimate of drug-likeness (QED) is 0.551. The van der Waals surface area contributed by atoms with Crippen molar-refractivity contribution in [3.8, 4) is 0 Å². The second-order valence-electron chi connectivity index (χ2n) is 4.20. The zero-order valence-corrected chi connectivity index (χ0v) is 10.6. The summed E-state index contributed by atoms with van der Waals surface area (Å²) in [5, 5.41) is 4.35. The summed E-state index contributed by atoms with van der Waals surface area (Å²) in [5.41, 5.74) is 4.15. The van der Waals surface area contributed by atoms with E-state index in [-0.39, 0.29) is 6.04 Å². The number of hydrazine groups is 1. The molecule has 0 amide bonds. The Hall–Kier alpha value is -0.870. The average molecular weight is 224 g/mol. The van der Waals surface area contributed by atoms with Crippen molar-refractivity contribution < 1.29 is 0 Å². The number of nitrogens with one attached hydrogen (secondary N) is 1. The van der Waals surface area contributed by atoms with E-state index in [1.807, 2.05) is 6.20 Å². The first-order valence-electron chi connectivity index (χ1n) is 6.26. The minimum Gasteiger partial charge on any atom is -0.271 e. The highest BCUT2D eigenvalue weighted by molar-refractivity contribution is 5.08. The van der Waals surface area contributed by atoms with Gasteiger partial charge in [-0.2, -0.15) is 5.10 Å². The number of aromatic nitrogens is 2. The standard InChI is InChI=1S/C12H24N4/c1-4-9-16-11(7-8-14-16)12(15-13)10(5-2)6-3/h7-8,10,12,15H,4-6,9,13H2,1-3H3. The summed E-state index contributed by atoms with van der Waals surface area (Å²) in [4.78, 5) is 0. The van der Waals surface area contributed by atoms with Gasteiger partial charge in [-0.05, 0) is 18.4 Å². The van der Waals surface area contributed by atoms with E-state index in [1.165, 1.54) is 5.69 Å². The Balaban J connectivity index is 2.88. The van der Waals surface area contributed by atoms with Gasteiger partial charge >= 0.3 is 0 Å². The molecule has 16 heavy (non-hydrogen) atoms. The third kappa shape index (κ3) is 2.83. The molecule has 0 aliphatic heterocycles. The Morgan fingerprint density at radius 2 is 2.06 bits per heavy atom. The molecule has 0 bridgehead atoms. The van der Waals surface area contributed by atoms with Gasteiger partial charge in [-0.25, -0.2) is 0 Å². The van der Waals surface area contributed by atoms with Gasteiger partial charge in [-0.15, -0.1) is 0 Å². The average Bonchev–Trinajstić information content (AvgIpc) is 2.74. The van der Waals surface area contributed by atoms with E-state index >= 15 is 0 Å². The van der Waals surface area contributed by atoms with Crippen LogP contribution in [0.5, 0.6) is 0 Å². The minimum absolute atomic E-state index is 0.212. The zero-order chi connectivity index (χ0) is 12.0. The van der Waals surface area contributed by atoms with Crippen LogP contribution in [0.4, 0.5) is 0 Å². The normalized spacial score (nSPS) is 13.3. The lowest BCUT2D eigenvalue weighted by Gasteiger charge is -2.25. The van der Waals surface area contributed by atoms with Crippen LogP contribution in [0.1, 0.15) is 51.8 Å². The molecular weight excluding hydrogens is 200 g/mol. The molecule has 1 atom stereocenters. The lowest BCUT2D eigenvalue weighted by atomic mass is 9.92. The molecule has 0 fully saturated rings. The third-order valence-corrected chi connectivity index (χ3v) is 3.20. The maximum atomic E-state index is 5.69. The molecule has 0 aromatic carbocycles. The molecule has 0 spiro atoms. The van der Waals surface area contributed by atoms with Gasteiger partial charge in [-0.3, -0.25) is 16.0 Å². The Morgan fingerprint density at radius 1 is 1.38 bits per heavy atom. The molecule has 0 aliphatic rings.